The monoisotopic (exact) mass is 364 g/mol. The molecule has 1 aliphatic heterocycles. The van der Waals surface area contributed by atoms with Crippen LogP contribution < -0.4 is 0 Å². The second kappa shape index (κ2) is 7.84. The summed E-state index contributed by atoms with van der Waals surface area (Å²) in [5.74, 6) is -0.0108. The minimum atomic E-state index is -0.0108. The maximum Gasteiger partial charge on any atom is 0.274 e. The summed E-state index contributed by atoms with van der Waals surface area (Å²) >= 11 is 0. The standard InChI is InChI=1S/C20H24N6O/c1-24(13-8-16-6-2-3-9-21-16)17-7-4-11-25(15-17)20(27)18-14-19-22-10-5-12-26(19)23-18/h2-3,5-6,9-10,12,14,17H,4,7-8,11,13,15H2,1H3. The second-order valence-electron chi connectivity index (χ2n) is 7.05. The van der Waals surface area contributed by atoms with Gasteiger partial charge in [-0.2, -0.15) is 5.10 Å². The summed E-state index contributed by atoms with van der Waals surface area (Å²) in [6.07, 6.45) is 8.38. The minimum absolute atomic E-state index is 0.0108. The van der Waals surface area contributed by atoms with Crippen LogP contribution in [0.2, 0.25) is 0 Å². The molecular weight excluding hydrogens is 340 g/mol. The highest BCUT2D eigenvalue weighted by Crippen LogP contribution is 2.18. The number of piperidine rings is 1. The normalized spacial score (nSPS) is 17.6. The Balaban J connectivity index is 1.38. The van der Waals surface area contributed by atoms with Crippen molar-refractivity contribution < 1.29 is 4.79 Å². The zero-order chi connectivity index (χ0) is 18.6. The van der Waals surface area contributed by atoms with Crippen molar-refractivity contribution in [3.05, 3.63) is 60.3 Å². The predicted octanol–water partition coefficient (Wildman–Crippen LogP) is 1.90. The summed E-state index contributed by atoms with van der Waals surface area (Å²) in [6, 6.07) is 9.95. The van der Waals surface area contributed by atoms with E-state index in [1.54, 1.807) is 16.8 Å². The first-order valence-electron chi connectivity index (χ1n) is 9.40. The predicted molar refractivity (Wildman–Crippen MR) is 102 cm³/mol. The van der Waals surface area contributed by atoms with Crippen molar-refractivity contribution >= 4 is 11.6 Å². The lowest BCUT2D eigenvalue weighted by Crippen LogP contribution is -2.49. The third-order valence-electron chi connectivity index (χ3n) is 5.21. The van der Waals surface area contributed by atoms with Gasteiger partial charge in [0.1, 0.15) is 0 Å². The zero-order valence-corrected chi connectivity index (χ0v) is 15.5. The first-order valence-corrected chi connectivity index (χ1v) is 9.40. The molecule has 0 N–H and O–H groups in total. The first kappa shape index (κ1) is 17.6. The van der Waals surface area contributed by atoms with E-state index >= 15 is 0 Å². The Morgan fingerprint density at radius 3 is 2.96 bits per heavy atom. The maximum absolute atomic E-state index is 12.9. The third kappa shape index (κ3) is 3.98. The second-order valence-corrected chi connectivity index (χ2v) is 7.05. The number of nitrogens with zero attached hydrogens (tertiary/aromatic N) is 6. The van der Waals surface area contributed by atoms with Gasteiger partial charge < -0.3 is 9.80 Å². The summed E-state index contributed by atoms with van der Waals surface area (Å²) in [5.41, 5.74) is 2.26. The average Bonchev–Trinajstić information content (AvgIpc) is 3.16. The molecule has 0 spiro atoms. The maximum atomic E-state index is 12.9. The molecule has 7 nitrogen and oxygen atoms in total. The van der Waals surface area contributed by atoms with E-state index in [0.29, 0.717) is 17.4 Å². The van der Waals surface area contributed by atoms with Gasteiger partial charge in [-0.15, -0.1) is 0 Å². The number of likely N-dealkylation sites (N-methyl/N-ethyl adjacent to an activating group) is 1. The molecular formula is C20H24N6O. The van der Waals surface area contributed by atoms with E-state index in [1.807, 2.05) is 35.5 Å². The summed E-state index contributed by atoms with van der Waals surface area (Å²) in [6.45, 7) is 2.45. The molecule has 1 unspecified atom stereocenters. The van der Waals surface area contributed by atoms with Gasteiger partial charge in [0.15, 0.2) is 11.3 Å². The molecule has 0 aliphatic carbocycles. The van der Waals surface area contributed by atoms with Crippen LogP contribution in [-0.4, -0.2) is 68.0 Å². The van der Waals surface area contributed by atoms with Crippen LogP contribution in [0.5, 0.6) is 0 Å². The van der Waals surface area contributed by atoms with Crippen molar-refractivity contribution in [3.8, 4) is 0 Å². The first-order chi connectivity index (χ1) is 13.2. The Bertz CT molecular complexity index is 876. The Kier molecular flexibility index (Phi) is 5.11. The van der Waals surface area contributed by atoms with E-state index < -0.39 is 0 Å². The molecule has 1 fully saturated rings. The Morgan fingerprint density at radius 2 is 2.15 bits per heavy atom. The van der Waals surface area contributed by atoms with Gasteiger partial charge in [0.05, 0.1) is 0 Å². The smallest absolute Gasteiger partial charge is 0.274 e. The van der Waals surface area contributed by atoms with E-state index in [1.165, 1.54) is 0 Å². The molecule has 140 valence electrons. The molecule has 1 saturated heterocycles. The molecule has 1 aliphatic rings. The molecule has 4 rings (SSSR count). The van der Waals surface area contributed by atoms with Gasteiger partial charge in [-0.25, -0.2) is 9.50 Å². The summed E-state index contributed by atoms with van der Waals surface area (Å²) in [4.78, 5) is 25.8. The summed E-state index contributed by atoms with van der Waals surface area (Å²) < 4.78 is 1.65. The summed E-state index contributed by atoms with van der Waals surface area (Å²) in [5, 5.41) is 4.37. The molecule has 3 aromatic rings. The van der Waals surface area contributed by atoms with Gasteiger partial charge in [-0.3, -0.25) is 9.78 Å². The zero-order valence-electron chi connectivity index (χ0n) is 15.5. The van der Waals surface area contributed by atoms with E-state index in [-0.39, 0.29) is 5.91 Å². The Morgan fingerprint density at radius 1 is 1.26 bits per heavy atom. The van der Waals surface area contributed by atoms with Crippen molar-refractivity contribution in [2.24, 2.45) is 0 Å². The number of fused-ring (bicyclic) bond motifs is 1. The molecule has 27 heavy (non-hydrogen) atoms. The van der Waals surface area contributed by atoms with Gasteiger partial charge in [0.2, 0.25) is 0 Å². The number of amides is 1. The fourth-order valence-corrected chi connectivity index (χ4v) is 3.62. The number of carbonyl (C=O) groups excluding carboxylic acids is 1. The fraction of sp³-hybridized carbons (Fsp3) is 0.400. The Labute approximate surface area is 158 Å². The van der Waals surface area contributed by atoms with Crippen molar-refractivity contribution in [3.63, 3.8) is 0 Å². The molecule has 1 amide bonds. The molecule has 1 atom stereocenters. The molecule has 0 aromatic carbocycles. The van der Waals surface area contributed by atoms with Crippen LogP contribution >= 0.6 is 0 Å². The third-order valence-corrected chi connectivity index (χ3v) is 5.21. The SMILES string of the molecule is CN(CCc1ccccn1)C1CCCN(C(=O)c2cc3ncccn3n2)C1. The van der Waals surface area contributed by atoms with Crippen molar-refractivity contribution in [1.82, 2.24) is 29.4 Å². The fourth-order valence-electron chi connectivity index (χ4n) is 3.62. The number of aromatic nitrogens is 4. The van der Waals surface area contributed by atoms with Crippen LogP contribution in [0, 0.1) is 0 Å². The lowest BCUT2D eigenvalue weighted by atomic mass is 10.0. The van der Waals surface area contributed by atoms with Crippen LogP contribution in [0.25, 0.3) is 5.65 Å². The number of likely N-dealkylation sites (tertiary alicyclic amines) is 1. The highest BCUT2D eigenvalue weighted by molar-refractivity contribution is 5.93. The van der Waals surface area contributed by atoms with Gasteiger partial charge in [0, 0.05) is 62.4 Å². The van der Waals surface area contributed by atoms with E-state index in [2.05, 4.69) is 33.1 Å². The number of rotatable bonds is 5. The molecule has 0 radical (unpaired) electrons. The highest BCUT2D eigenvalue weighted by Gasteiger charge is 2.28. The van der Waals surface area contributed by atoms with E-state index in [9.17, 15) is 4.79 Å². The average molecular weight is 364 g/mol. The van der Waals surface area contributed by atoms with Gasteiger partial charge >= 0.3 is 0 Å². The number of pyridine rings is 1. The topological polar surface area (TPSA) is 66.6 Å². The van der Waals surface area contributed by atoms with Gasteiger partial charge in [-0.1, -0.05) is 6.07 Å². The van der Waals surface area contributed by atoms with Crippen LogP contribution in [0.15, 0.2) is 48.9 Å². The minimum Gasteiger partial charge on any atom is -0.336 e. The largest absolute Gasteiger partial charge is 0.336 e. The molecule has 0 saturated carbocycles. The van der Waals surface area contributed by atoms with E-state index in [4.69, 9.17) is 0 Å². The summed E-state index contributed by atoms with van der Waals surface area (Å²) in [7, 11) is 2.14. The molecule has 4 heterocycles. The lowest BCUT2D eigenvalue weighted by Gasteiger charge is -2.37. The number of hydrogen-bond acceptors (Lipinski definition) is 5. The van der Waals surface area contributed by atoms with Crippen LogP contribution in [-0.2, 0) is 6.42 Å². The van der Waals surface area contributed by atoms with Crippen molar-refractivity contribution in [2.45, 2.75) is 25.3 Å². The van der Waals surface area contributed by atoms with Crippen LogP contribution in [0.3, 0.4) is 0 Å². The van der Waals surface area contributed by atoms with Crippen LogP contribution in [0.4, 0.5) is 0 Å². The van der Waals surface area contributed by atoms with Crippen molar-refractivity contribution in [1.29, 1.82) is 0 Å². The van der Waals surface area contributed by atoms with Gasteiger partial charge in [0.25, 0.3) is 5.91 Å². The number of hydrogen-bond donors (Lipinski definition) is 0. The van der Waals surface area contributed by atoms with Crippen LogP contribution in [0.1, 0.15) is 29.0 Å². The highest BCUT2D eigenvalue weighted by atomic mass is 16.2. The van der Waals surface area contributed by atoms with Gasteiger partial charge in [-0.05, 0) is 38.1 Å². The Hall–Kier alpha value is -2.80. The number of carbonyl (C=O) groups is 1. The van der Waals surface area contributed by atoms with Crippen molar-refractivity contribution in [2.75, 3.05) is 26.7 Å². The molecule has 3 aromatic heterocycles. The lowest BCUT2D eigenvalue weighted by molar-refractivity contribution is 0.0605. The molecule has 7 heteroatoms. The van der Waals surface area contributed by atoms with E-state index in [0.717, 1.165) is 44.6 Å². The quantitative estimate of drug-likeness (QED) is 0.692. The molecule has 0 bridgehead atoms.